The third-order valence-corrected chi connectivity index (χ3v) is 6.92. The van der Waals surface area contributed by atoms with Crippen molar-refractivity contribution in [3.8, 4) is 11.1 Å². The lowest BCUT2D eigenvalue weighted by atomic mass is 9.82. The van der Waals surface area contributed by atoms with Gasteiger partial charge >= 0.3 is 0 Å². The first-order valence-corrected chi connectivity index (χ1v) is 10.9. The second-order valence-corrected chi connectivity index (χ2v) is 8.99. The zero-order chi connectivity index (χ0) is 20.9. The molecule has 2 bridgehead atoms. The van der Waals surface area contributed by atoms with Crippen molar-refractivity contribution in [1.82, 2.24) is 24.0 Å². The lowest BCUT2D eigenvalue weighted by molar-refractivity contribution is 0.115. The van der Waals surface area contributed by atoms with Gasteiger partial charge in [0, 0.05) is 79.9 Å². The third-order valence-electron chi connectivity index (χ3n) is 6.92. The topological polar surface area (TPSA) is 56.0 Å². The summed E-state index contributed by atoms with van der Waals surface area (Å²) in [7, 11) is 2.12. The van der Waals surface area contributed by atoms with Crippen LogP contribution in [0.5, 0.6) is 0 Å². The van der Waals surface area contributed by atoms with Crippen molar-refractivity contribution in [2.45, 2.75) is 25.4 Å². The van der Waals surface area contributed by atoms with Gasteiger partial charge in [0.15, 0.2) is 0 Å². The van der Waals surface area contributed by atoms with Gasteiger partial charge in [0.25, 0.3) is 5.56 Å². The number of hydrogen-bond donors (Lipinski definition) is 0. The van der Waals surface area contributed by atoms with Crippen molar-refractivity contribution in [2.75, 3.05) is 13.1 Å². The first-order chi connectivity index (χ1) is 15.2. The minimum Gasteiger partial charge on any atom is -0.350 e. The van der Waals surface area contributed by atoms with E-state index in [1.54, 1.807) is 12.4 Å². The molecule has 2 aliphatic heterocycles. The number of pyridine rings is 1. The Morgan fingerprint density at radius 2 is 1.87 bits per heavy atom. The van der Waals surface area contributed by atoms with Gasteiger partial charge in [-0.3, -0.25) is 9.69 Å². The predicted octanol–water partition coefficient (Wildman–Crippen LogP) is 3.42. The zero-order valence-electron chi connectivity index (χ0n) is 17.6. The Labute approximate surface area is 180 Å². The summed E-state index contributed by atoms with van der Waals surface area (Å²) in [6.07, 6.45) is 8.36. The molecule has 156 valence electrons. The summed E-state index contributed by atoms with van der Waals surface area (Å²) in [5.74, 6) is 0.900. The van der Waals surface area contributed by atoms with Gasteiger partial charge in [-0.15, -0.1) is 0 Å². The van der Waals surface area contributed by atoms with E-state index in [9.17, 15) is 4.79 Å². The average Bonchev–Trinajstić information content (AvgIpc) is 3.10. The van der Waals surface area contributed by atoms with Crippen LogP contribution in [0.25, 0.3) is 22.0 Å². The lowest BCUT2D eigenvalue weighted by Gasteiger charge is -2.43. The number of piperidine rings is 1. The molecule has 2 atom stereocenters. The van der Waals surface area contributed by atoms with E-state index >= 15 is 0 Å². The molecule has 0 saturated carbocycles. The third kappa shape index (κ3) is 3.10. The second-order valence-electron chi connectivity index (χ2n) is 8.99. The molecule has 0 aliphatic carbocycles. The number of rotatable bonds is 3. The summed E-state index contributed by atoms with van der Waals surface area (Å²) in [6, 6.07) is 12.7. The van der Waals surface area contributed by atoms with Crippen LogP contribution in [-0.4, -0.2) is 37.1 Å². The SMILES string of the molecule is Cn1cc(CN2CC3CC(C2)c2ccc(-c4cncnc4)c(=O)n2C3)c2ccccc21. The Hall–Kier alpha value is -3.25. The highest BCUT2D eigenvalue weighted by atomic mass is 16.1. The van der Waals surface area contributed by atoms with Crippen LogP contribution in [0.1, 0.15) is 23.6 Å². The average molecular weight is 412 g/mol. The summed E-state index contributed by atoms with van der Waals surface area (Å²) >= 11 is 0. The van der Waals surface area contributed by atoms with Gasteiger partial charge in [-0.2, -0.15) is 0 Å². The standard InChI is InChI=1S/C25H25N5O/c1-28-13-20(21-4-2-3-5-24(21)28)15-29-11-17-8-18(14-29)23-7-6-22(25(31)30(23)12-17)19-9-26-16-27-10-19/h2-7,9-10,13,16-18H,8,11-12,14-15H2,1H3. The van der Waals surface area contributed by atoms with Gasteiger partial charge in [0.1, 0.15) is 6.33 Å². The van der Waals surface area contributed by atoms with E-state index in [1.165, 1.54) is 34.9 Å². The van der Waals surface area contributed by atoms with Crippen molar-refractivity contribution >= 4 is 10.9 Å². The highest BCUT2D eigenvalue weighted by Crippen LogP contribution is 2.36. The molecule has 1 aromatic carbocycles. The van der Waals surface area contributed by atoms with Gasteiger partial charge in [-0.1, -0.05) is 18.2 Å². The van der Waals surface area contributed by atoms with Crippen LogP contribution in [0.4, 0.5) is 0 Å². The fourth-order valence-corrected chi connectivity index (χ4v) is 5.62. The molecule has 6 rings (SSSR count). The summed E-state index contributed by atoms with van der Waals surface area (Å²) < 4.78 is 4.23. The Morgan fingerprint density at radius 3 is 2.74 bits per heavy atom. The van der Waals surface area contributed by atoms with Crippen molar-refractivity contribution in [3.05, 3.63) is 82.9 Å². The van der Waals surface area contributed by atoms with Gasteiger partial charge in [0.05, 0.1) is 5.56 Å². The van der Waals surface area contributed by atoms with Gasteiger partial charge < -0.3 is 9.13 Å². The number of aromatic nitrogens is 4. The Kier molecular flexibility index (Phi) is 4.28. The van der Waals surface area contributed by atoms with Gasteiger partial charge in [-0.05, 0) is 36.1 Å². The Balaban J connectivity index is 1.30. The van der Waals surface area contributed by atoms with E-state index in [-0.39, 0.29) is 5.56 Å². The highest BCUT2D eigenvalue weighted by molar-refractivity contribution is 5.83. The van der Waals surface area contributed by atoms with Crippen molar-refractivity contribution in [2.24, 2.45) is 13.0 Å². The number of nitrogens with zero attached hydrogens (tertiary/aromatic N) is 5. The van der Waals surface area contributed by atoms with Crippen LogP contribution >= 0.6 is 0 Å². The molecule has 2 aliphatic rings. The number of likely N-dealkylation sites (tertiary alicyclic amines) is 1. The highest BCUT2D eigenvalue weighted by Gasteiger charge is 2.35. The molecule has 5 heterocycles. The quantitative estimate of drug-likeness (QED) is 0.518. The first kappa shape index (κ1) is 18.5. The van der Waals surface area contributed by atoms with E-state index in [1.807, 2.05) is 10.6 Å². The van der Waals surface area contributed by atoms with Crippen molar-refractivity contribution in [1.29, 1.82) is 0 Å². The van der Waals surface area contributed by atoms with E-state index in [0.29, 0.717) is 17.4 Å². The second kappa shape index (κ2) is 7.17. The molecule has 4 aromatic rings. The Morgan fingerprint density at radius 1 is 1.03 bits per heavy atom. The summed E-state index contributed by atoms with van der Waals surface area (Å²) in [6.45, 7) is 3.77. The van der Waals surface area contributed by atoms with Crippen LogP contribution in [0.3, 0.4) is 0 Å². The molecule has 6 nitrogen and oxygen atoms in total. The molecule has 6 heteroatoms. The fraction of sp³-hybridized carbons (Fsp3) is 0.320. The molecule has 2 unspecified atom stereocenters. The van der Waals surface area contributed by atoms with Crippen molar-refractivity contribution in [3.63, 3.8) is 0 Å². The molecule has 0 spiro atoms. The molecule has 1 saturated heterocycles. The van der Waals surface area contributed by atoms with E-state index in [0.717, 1.165) is 31.7 Å². The van der Waals surface area contributed by atoms with Crippen LogP contribution in [0.15, 0.2) is 66.1 Å². The zero-order valence-corrected chi connectivity index (χ0v) is 17.6. The minimum absolute atomic E-state index is 0.0875. The molecule has 3 aromatic heterocycles. The molecule has 0 amide bonds. The van der Waals surface area contributed by atoms with E-state index in [4.69, 9.17) is 0 Å². The van der Waals surface area contributed by atoms with Crippen LogP contribution in [-0.2, 0) is 20.1 Å². The smallest absolute Gasteiger partial charge is 0.258 e. The summed E-state index contributed by atoms with van der Waals surface area (Å²) in [4.78, 5) is 24.0. The number of hydrogen-bond acceptors (Lipinski definition) is 4. The minimum atomic E-state index is 0.0875. The maximum Gasteiger partial charge on any atom is 0.258 e. The van der Waals surface area contributed by atoms with E-state index in [2.05, 4.69) is 63.0 Å². The molecule has 1 fully saturated rings. The predicted molar refractivity (Wildman–Crippen MR) is 121 cm³/mol. The fourth-order valence-electron chi connectivity index (χ4n) is 5.62. The number of para-hydroxylation sites is 1. The molecule has 31 heavy (non-hydrogen) atoms. The molecular weight excluding hydrogens is 386 g/mol. The van der Waals surface area contributed by atoms with Crippen LogP contribution < -0.4 is 5.56 Å². The maximum absolute atomic E-state index is 13.3. The summed E-state index contributed by atoms with van der Waals surface area (Å²) in [5.41, 5.74) is 5.40. The van der Waals surface area contributed by atoms with Gasteiger partial charge in [-0.25, -0.2) is 9.97 Å². The molecule has 0 radical (unpaired) electrons. The van der Waals surface area contributed by atoms with E-state index < -0.39 is 0 Å². The molecular formula is C25H25N5O. The van der Waals surface area contributed by atoms with Crippen LogP contribution in [0, 0.1) is 5.92 Å². The number of benzene rings is 1. The summed E-state index contributed by atoms with van der Waals surface area (Å²) in [5, 5.41) is 1.34. The first-order valence-electron chi connectivity index (χ1n) is 10.9. The maximum atomic E-state index is 13.3. The van der Waals surface area contributed by atoms with Crippen molar-refractivity contribution < 1.29 is 0 Å². The lowest BCUT2D eigenvalue weighted by Crippen LogP contribution is -2.46. The van der Waals surface area contributed by atoms with Crippen LogP contribution in [0.2, 0.25) is 0 Å². The Bertz CT molecular complexity index is 1320. The number of aryl methyl sites for hydroxylation is 1. The number of fused-ring (bicyclic) bond motifs is 5. The van der Waals surface area contributed by atoms with Gasteiger partial charge in [0.2, 0.25) is 0 Å². The largest absolute Gasteiger partial charge is 0.350 e. The molecule has 0 N–H and O–H groups in total. The monoisotopic (exact) mass is 411 g/mol. The normalized spacial score (nSPS) is 20.7.